The Labute approximate surface area is 106 Å². The molecule has 0 aliphatic heterocycles. The van der Waals surface area contributed by atoms with E-state index >= 15 is 0 Å². The molecule has 0 bridgehead atoms. The van der Waals surface area contributed by atoms with E-state index < -0.39 is 5.91 Å². The maximum absolute atomic E-state index is 13.7. The SMILES string of the molecule is CCN(Cc1cc(C(=O)NN)ccc1F)C1CC1. The average molecular weight is 251 g/mol. The molecule has 1 saturated carbocycles. The second-order valence-corrected chi connectivity index (χ2v) is 4.57. The van der Waals surface area contributed by atoms with Crippen molar-refractivity contribution in [1.82, 2.24) is 10.3 Å². The van der Waals surface area contributed by atoms with Crippen molar-refractivity contribution in [3.05, 3.63) is 35.1 Å². The molecule has 18 heavy (non-hydrogen) atoms. The summed E-state index contributed by atoms with van der Waals surface area (Å²) in [7, 11) is 0. The van der Waals surface area contributed by atoms with Crippen molar-refractivity contribution >= 4 is 5.91 Å². The van der Waals surface area contributed by atoms with Gasteiger partial charge in [-0.3, -0.25) is 15.1 Å². The van der Waals surface area contributed by atoms with Crippen LogP contribution < -0.4 is 11.3 Å². The first kappa shape index (κ1) is 13.0. The highest BCUT2D eigenvalue weighted by Gasteiger charge is 2.28. The molecule has 0 unspecified atom stereocenters. The van der Waals surface area contributed by atoms with Gasteiger partial charge in [0.05, 0.1) is 0 Å². The van der Waals surface area contributed by atoms with E-state index in [0.717, 1.165) is 6.54 Å². The molecule has 0 atom stereocenters. The van der Waals surface area contributed by atoms with Gasteiger partial charge in [0.2, 0.25) is 0 Å². The maximum Gasteiger partial charge on any atom is 0.265 e. The van der Waals surface area contributed by atoms with E-state index in [-0.39, 0.29) is 5.82 Å². The van der Waals surface area contributed by atoms with E-state index in [2.05, 4.69) is 17.2 Å². The molecule has 0 aromatic heterocycles. The minimum Gasteiger partial charge on any atom is -0.296 e. The first-order chi connectivity index (χ1) is 8.65. The first-order valence-electron chi connectivity index (χ1n) is 6.19. The van der Waals surface area contributed by atoms with Gasteiger partial charge in [-0.15, -0.1) is 0 Å². The Morgan fingerprint density at radius 2 is 2.28 bits per heavy atom. The third-order valence-corrected chi connectivity index (χ3v) is 3.28. The molecule has 98 valence electrons. The molecule has 0 radical (unpaired) electrons. The molecular formula is C13H18FN3O. The zero-order valence-corrected chi connectivity index (χ0v) is 10.4. The molecular weight excluding hydrogens is 233 g/mol. The Morgan fingerprint density at radius 1 is 1.56 bits per heavy atom. The van der Waals surface area contributed by atoms with Gasteiger partial charge in [0.15, 0.2) is 0 Å². The fraction of sp³-hybridized carbons (Fsp3) is 0.462. The summed E-state index contributed by atoms with van der Waals surface area (Å²) in [5.41, 5.74) is 2.99. The number of nitrogens with two attached hydrogens (primary N) is 1. The number of halogens is 1. The summed E-state index contributed by atoms with van der Waals surface area (Å²) >= 11 is 0. The highest BCUT2D eigenvalue weighted by molar-refractivity contribution is 5.93. The average Bonchev–Trinajstić information content (AvgIpc) is 3.21. The normalized spacial score (nSPS) is 14.9. The fourth-order valence-electron chi connectivity index (χ4n) is 2.08. The number of hydrogen-bond acceptors (Lipinski definition) is 3. The van der Waals surface area contributed by atoms with Crippen LogP contribution in [0.25, 0.3) is 0 Å². The van der Waals surface area contributed by atoms with Gasteiger partial charge in [0, 0.05) is 23.7 Å². The molecule has 1 aliphatic rings. The van der Waals surface area contributed by atoms with Gasteiger partial charge < -0.3 is 0 Å². The van der Waals surface area contributed by atoms with Gasteiger partial charge in [-0.05, 0) is 37.6 Å². The quantitative estimate of drug-likeness (QED) is 0.472. The number of hydrogen-bond donors (Lipinski definition) is 2. The minimum atomic E-state index is -0.397. The second kappa shape index (κ2) is 5.46. The summed E-state index contributed by atoms with van der Waals surface area (Å²) in [6.07, 6.45) is 2.36. The van der Waals surface area contributed by atoms with Crippen LogP contribution in [0.2, 0.25) is 0 Å². The number of benzene rings is 1. The Balaban J connectivity index is 2.17. The number of hydrazine groups is 1. The molecule has 2 rings (SSSR count). The molecule has 0 heterocycles. The van der Waals surface area contributed by atoms with E-state index in [1.807, 2.05) is 0 Å². The van der Waals surface area contributed by atoms with Crippen LogP contribution in [-0.2, 0) is 6.54 Å². The van der Waals surface area contributed by atoms with Crippen LogP contribution in [0.1, 0.15) is 35.7 Å². The molecule has 1 amide bonds. The number of rotatable bonds is 5. The summed E-state index contributed by atoms with van der Waals surface area (Å²) < 4.78 is 13.7. The Bertz CT molecular complexity index is 446. The lowest BCUT2D eigenvalue weighted by atomic mass is 10.1. The van der Waals surface area contributed by atoms with E-state index in [0.29, 0.717) is 23.7 Å². The van der Waals surface area contributed by atoms with E-state index in [1.165, 1.54) is 25.0 Å². The molecule has 1 aromatic rings. The summed E-state index contributed by atoms with van der Waals surface area (Å²) in [6, 6.07) is 4.90. The number of nitrogens with zero attached hydrogens (tertiary/aromatic N) is 1. The first-order valence-corrected chi connectivity index (χ1v) is 6.19. The molecule has 4 nitrogen and oxygen atoms in total. The summed E-state index contributed by atoms with van der Waals surface area (Å²) in [4.78, 5) is 13.6. The third kappa shape index (κ3) is 2.86. The smallest absolute Gasteiger partial charge is 0.265 e. The molecule has 0 spiro atoms. The second-order valence-electron chi connectivity index (χ2n) is 4.57. The van der Waals surface area contributed by atoms with E-state index in [4.69, 9.17) is 5.84 Å². The van der Waals surface area contributed by atoms with Crippen LogP contribution in [0.15, 0.2) is 18.2 Å². The minimum absolute atomic E-state index is 0.275. The van der Waals surface area contributed by atoms with Crippen molar-refractivity contribution < 1.29 is 9.18 Å². The van der Waals surface area contributed by atoms with Crippen molar-refractivity contribution in [2.75, 3.05) is 6.54 Å². The maximum atomic E-state index is 13.7. The molecule has 1 aliphatic carbocycles. The van der Waals surface area contributed by atoms with Crippen LogP contribution >= 0.6 is 0 Å². The molecule has 1 fully saturated rings. The zero-order chi connectivity index (χ0) is 13.1. The van der Waals surface area contributed by atoms with Crippen LogP contribution in [0.4, 0.5) is 4.39 Å². The van der Waals surface area contributed by atoms with Gasteiger partial charge >= 0.3 is 0 Å². The Morgan fingerprint density at radius 3 is 2.83 bits per heavy atom. The summed E-state index contributed by atoms with van der Waals surface area (Å²) in [5, 5.41) is 0. The van der Waals surface area contributed by atoms with Crippen LogP contribution in [0.5, 0.6) is 0 Å². The van der Waals surface area contributed by atoms with Crippen LogP contribution in [0, 0.1) is 5.82 Å². The molecule has 3 N–H and O–H groups in total. The van der Waals surface area contributed by atoms with E-state index in [1.54, 1.807) is 6.07 Å². The van der Waals surface area contributed by atoms with Gasteiger partial charge in [-0.25, -0.2) is 10.2 Å². The van der Waals surface area contributed by atoms with Crippen LogP contribution in [-0.4, -0.2) is 23.4 Å². The zero-order valence-electron chi connectivity index (χ0n) is 10.4. The molecule has 0 saturated heterocycles. The third-order valence-electron chi connectivity index (χ3n) is 3.28. The lowest BCUT2D eigenvalue weighted by Gasteiger charge is -2.20. The number of nitrogen functional groups attached to an aromatic ring is 1. The standard InChI is InChI=1S/C13H18FN3O/c1-2-17(11-4-5-11)8-10-7-9(13(18)16-15)3-6-12(10)14/h3,6-7,11H,2,4-5,8,15H2,1H3,(H,16,18). The van der Waals surface area contributed by atoms with Crippen molar-refractivity contribution in [3.8, 4) is 0 Å². The highest BCUT2D eigenvalue weighted by Crippen LogP contribution is 2.28. The monoisotopic (exact) mass is 251 g/mol. The predicted molar refractivity (Wildman–Crippen MR) is 67.2 cm³/mol. The number of nitrogens with one attached hydrogen (secondary N) is 1. The van der Waals surface area contributed by atoms with Crippen molar-refractivity contribution in [2.45, 2.75) is 32.4 Å². The van der Waals surface area contributed by atoms with Crippen molar-refractivity contribution in [1.29, 1.82) is 0 Å². The van der Waals surface area contributed by atoms with Gasteiger partial charge in [0.25, 0.3) is 5.91 Å². The Hall–Kier alpha value is -1.46. The number of amides is 1. The van der Waals surface area contributed by atoms with E-state index in [9.17, 15) is 9.18 Å². The van der Waals surface area contributed by atoms with Crippen molar-refractivity contribution in [3.63, 3.8) is 0 Å². The molecule has 5 heteroatoms. The number of carbonyl (C=O) groups is 1. The van der Waals surface area contributed by atoms with Gasteiger partial charge in [0.1, 0.15) is 5.82 Å². The largest absolute Gasteiger partial charge is 0.296 e. The lowest BCUT2D eigenvalue weighted by Crippen LogP contribution is -2.30. The van der Waals surface area contributed by atoms with Gasteiger partial charge in [-0.1, -0.05) is 6.92 Å². The fourth-order valence-corrected chi connectivity index (χ4v) is 2.08. The number of carbonyl (C=O) groups excluding carboxylic acids is 1. The van der Waals surface area contributed by atoms with Crippen LogP contribution in [0.3, 0.4) is 0 Å². The molecule has 1 aromatic carbocycles. The predicted octanol–water partition coefficient (Wildman–Crippen LogP) is 1.41. The Kier molecular flexibility index (Phi) is 3.93. The highest BCUT2D eigenvalue weighted by atomic mass is 19.1. The lowest BCUT2D eigenvalue weighted by molar-refractivity contribution is 0.0953. The topological polar surface area (TPSA) is 58.4 Å². The van der Waals surface area contributed by atoms with Crippen molar-refractivity contribution in [2.24, 2.45) is 5.84 Å². The summed E-state index contributed by atoms with van der Waals surface area (Å²) in [5.74, 6) is 4.40. The van der Waals surface area contributed by atoms with Gasteiger partial charge in [-0.2, -0.15) is 0 Å². The summed E-state index contributed by atoms with van der Waals surface area (Å²) in [6.45, 7) is 3.49.